The second-order valence-corrected chi connectivity index (χ2v) is 4.48. The smallest absolute Gasteiger partial charge is 0.310 e. The number of hydrogen-bond acceptors (Lipinski definition) is 4. The average Bonchev–Trinajstić information content (AvgIpc) is 2.39. The van der Waals surface area contributed by atoms with Crippen molar-refractivity contribution in [1.82, 2.24) is 4.98 Å². The maximum absolute atomic E-state index is 11.1. The lowest BCUT2D eigenvalue weighted by Crippen LogP contribution is -2.17. The van der Waals surface area contributed by atoms with E-state index in [0.717, 1.165) is 5.56 Å². The molecular weight excluding hydrogens is 266 g/mol. The maximum Gasteiger partial charge on any atom is 0.310 e. The first-order valence-corrected chi connectivity index (χ1v) is 6.00. The van der Waals surface area contributed by atoms with Crippen LogP contribution < -0.4 is 4.90 Å². The highest BCUT2D eigenvalue weighted by Gasteiger charge is 2.21. The molecule has 0 radical (unpaired) electrons. The molecule has 0 saturated carbocycles. The molecule has 0 unspecified atom stereocenters. The molecule has 0 saturated heterocycles. The summed E-state index contributed by atoms with van der Waals surface area (Å²) in [6.07, 6.45) is 3.38. The minimum Gasteiger partial charge on any atom is -0.365 e. The number of anilines is 1. The minimum atomic E-state index is -0.458. The van der Waals surface area contributed by atoms with E-state index in [1.165, 1.54) is 6.07 Å². The van der Waals surface area contributed by atoms with Gasteiger partial charge < -0.3 is 4.90 Å². The summed E-state index contributed by atoms with van der Waals surface area (Å²) in [5.74, 6) is 0. The lowest BCUT2D eigenvalue weighted by Gasteiger charge is -2.19. The van der Waals surface area contributed by atoms with Gasteiger partial charge in [0, 0.05) is 26.0 Å². The fourth-order valence-corrected chi connectivity index (χ4v) is 2.08. The second-order valence-electron chi connectivity index (χ2n) is 4.08. The number of halogens is 1. The fourth-order valence-electron chi connectivity index (χ4n) is 1.84. The summed E-state index contributed by atoms with van der Waals surface area (Å²) in [7, 11) is 1.79. The first kappa shape index (κ1) is 13.3. The van der Waals surface area contributed by atoms with Gasteiger partial charge in [-0.2, -0.15) is 0 Å². The highest BCUT2D eigenvalue weighted by atomic mass is 35.5. The highest BCUT2D eigenvalue weighted by molar-refractivity contribution is 6.33. The molecule has 1 aromatic carbocycles. The van der Waals surface area contributed by atoms with Crippen molar-refractivity contribution in [1.29, 1.82) is 0 Å². The number of nitro groups is 1. The Morgan fingerprint density at radius 1 is 1.32 bits per heavy atom. The van der Waals surface area contributed by atoms with Gasteiger partial charge in [0.25, 0.3) is 0 Å². The summed E-state index contributed by atoms with van der Waals surface area (Å²) in [6, 6.07) is 8.64. The molecular formula is C13H12ClN3O2. The number of pyridine rings is 1. The molecule has 2 aromatic rings. The second kappa shape index (κ2) is 5.67. The number of nitro benzene ring substituents is 1. The summed E-state index contributed by atoms with van der Waals surface area (Å²) in [4.78, 5) is 16.4. The Morgan fingerprint density at radius 3 is 2.63 bits per heavy atom. The minimum absolute atomic E-state index is 0.0688. The van der Waals surface area contributed by atoms with Crippen molar-refractivity contribution in [2.75, 3.05) is 11.9 Å². The van der Waals surface area contributed by atoms with Gasteiger partial charge in [0.15, 0.2) is 0 Å². The third-order valence-electron chi connectivity index (χ3n) is 2.73. The zero-order valence-corrected chi connectivity index (χ0v) is 11.0. The van der Waals surface area contributed by atoms with E-state index in [0.29, 0.717) is 12.2 Å². The van der Waals surface area contributed by atoms with E-state index in [1.54, 1.807) is 36.5 Å². The molecule has 0 atom stereocenters. The molecule has 2 rings (SSSR count). The molecule has 1 heterocycles. The molecule has 0 spiro atoms. The topological polar surface area (TPSA) is 59.3 Å². The Hall–Kier alpha value is -2.14. The monoisotopic (exact) mass is 277 g/mol. The van der Waals surface area contributed by atoms with Gasteiger partial charge in [-0.1, -0.05) is 17.7 Å². The van der Waals surface area contributed by atoms with Crippen molar-refractivity contribution >= 4 is 23.0 Å². The van der Waals surface area contributed by atoms with Gasteiger partial charge >= 0.3 is 5.69 Å². The van der Waals surface area contributed by atoms with E-state index < -0.39 is 4.92 Å². The van der Waals surface area contributed by atoms with Gasteiger partial charge in [-0.3, -0.25) is 15.1 Å². The summed E-state index contributed by atoms with van der Waals surface area (Å²) in [5, 5.41) is 11.2. The number of para-hydroxylation sites is 1. The highest BCUT2D eigenvalue weighted by Crippen LogP contribution is 2.34. The zero-order chi connectivity index (χ0) is 13.8. The van der Waals surface area contributed by atoms with Crippen LogP contribution >= 0.6 is 11.6 Å². The van der Waals surface area contributed by atoms with Gasteiger partial charge in [-0.25, -0.2) is 0 Å². The molecule has 0 fully saturated rings. The lowest BCUT2D eigenvalue weighted by molar-refractivity contribution is -0.384. The average molecular weight is 278 g/mol. The van der Waals surface area contributed by atoms with Gasteiger partial charge in [0.2, 0.25) is 0 Å². The number of benzene rings is 1. The van der Waals surface area contributed by atoms with Crippen LogP contribution in [-0.2, 0) is 6.54 Å². The molecule has 0 amide bonds. The number of hydrogen-bond donors (Lipinski definition) is 0. The first-order valence-electron chi connectivity index (χ1n) is 5.62. The molecule has 0 aliphatic heterocycles. The standard InChI is InChI=1S/C13H12ClN3O2/c1-16(9-10-5-7-15-8-6-10)12-4-2-3-11(14)13(12)17(18)19/h2-8H,9H2,1H3. The Morgan fingerprint density at radius 2 is 2.00 bits per heavy atom. The van der Waals surface area contributed by atoms with Gasteiger partial charge in [-0.05, 0) is 29.8 Å². The van der Waals surface area contributed by atoms with Crippen LogP contribution in [0.5, 0.6) is 0 Å². The van der Waals surface area contributed by atoms with Gasteiger partial charge in [-0.15, -0.1) is 0 Å². The van der Waals surface area contributed by atoms with E-state index in [1.807, 2.05) is 12.1 Å². The predicted molar refractivity (Wildman–Crippen MR) is 74.5 cm³/mol. The molecule has 6 heteroatoms. The molecule has 0 aliphatic carbocycles. The van der Waals surface area contributed by atoms with Crippen LogP contribution in [0.25, 0.3) is 0 Å². The summed E-state index contributed by atoms with van der Waals surface area (Å²) in [5.41, 5.74) is 1.45. The Balaban J connectivity index is 2.31. The maximum atomic E-state index is 11.1. The predicted octanol–water partition coefficient (Wildman–Crippen LogP) is 3.28. The molecule has 5 nitrogen and oxygen atoms in total. The SMILES string of the molecule is CN(Cc1ccncc1)c1cccc(Cl)c1[N+](=O)[O-]. The summed E-state index contributed by atoms with van der Waals surface area (Å²) in [6.45, 7) is 0.545. The molecule has 0 N–H and O–H groups in total. The number of nitrogens with zero attached hydrogens (tertiary/aromatic N) is 3. The van der Waals surface area contributed by atoms with Crippen LogP contribution in [0.3, 0.4) is 0 Å². The van der Waals surface area contributed by atoms with Crippen molar-refractivity contribution < 1.29 is 4.92 Å². The van der Waals surface area contributed by atoms with Crippen LogP contribution in [-0.4, -0.2) is 17.0 Å². The van der Waals surface area contributed by atoms with Crippen molar-refractivity contribution in [3.63, 3.8) is 0 Å². The molecule has 0 aliphatic rings. The third-order valence-corrected chi connectivity index (χ3v) is 3.03. The van der Waals surface area contributed by atoms with Crippen LogP contribution in [0, 0.1) is 10.1 Å². The largest absolute Gasteiger partial charge is 0.365 e. The normalized spacial score (nSPS) is 10.2. The summed E-state index contributed by atoms with van der Waals surface area (Å²) >= 11 is 5.89. The molecule has 0 bridgehead atoms. The lowest BCUT2D eigenvalue weighted by atomic mass is 10.2. The quantitative estimate of drug-likeness (QED) is 0.636. The number of aromatic nitrogens is 1. The summed E-state index contributed by atoms with van der Waals surface area (Å²) < 4.78 is 0. The van der Waals surface area contributed by atoms with Gasteiger partial charge in [0.05, 0.1) is 4.92 Å². The van der Waals surface area contributed by atoms with Crippen molar-refractivity contribution in [3.05, 3.63) is 63.4 Å². The van der Waals surface area contributed by atoms with E-state index in [2.05, 4.69) is 4.98 Å². The Kier molecular flexibility index (Phi) is 3.97. The number of rotatable bonds is 4. The Bertz CT molecular complexity index is 590. The fraction of sp³-hybridized carbons (Fsp3) is 0.154. The van der Waals surface area contributed by atoms with Crippen molar-refractivity contribution in [3.8, 4) is 0 Å². The van der Waals surface area contributed by atoms with Crippen molar-refractivity contribution in [2.24, 2.45) is 0 Å². The van der Waals surface area contributed by atoms with Crippen LogP contribution in [0.1, 0.15) is 5.56 Å². The van der Waals surface area contributed by atoms with E-state index in [9.17, 15) is 10.1 Å². The Labute approximate surface area is 115 Å². The van der Waals surface area contributed by atoms with E-state index >= 15 is 0 Å². The molecule has 1 aromatic heterocycles. The van der Waals surface area contributed by atoms with Crippen LogP contribution in [0.15, 0.2) is 42.7 Å². The molecule has 19 heavy (non-hydrogen) atoms. The zero-order valence-electron chi connectivity index (χ0n) is 10.3. The van der Waals surface area contributed by atoms with E-state index in [4.69, 9.17) is 11.6 Å². The van der Waals surface area contributed by atoms with E-state index in [-0.39, 0.29) is 10.7 Å². The molecule has 98 valence electrons. The third kappa shape index (κ3) is 3.00. The van der Waals surface area contributed by atoms with Crippen LogP contribution in [0.2, 0.25) is 5.02 Å². The van der Waals surface area contributed by atoms with Crippen molar-refractivity contribution in [2.45, 2.75) is 6.54 Å². The first-order chi connectivity index (χ1) is 9.09. The van der Waals surface area contributed by atoms with Crippen LogP contribution in [0.4, 0.5) is 11.4 Å². The van der Waals surface area contributed by atoms with Gasteiger partial charge in [0.1, 0.15) is 10.7 Å².